The van der Waals surface area contributed by atoms with E-state index in [1.54, 1.807) is 11.5 Å². The summed E-state index contributed by atoms with van der Waals surface area (Å²) in [7, 11) is 1.83. The summed E-state index contributed by atoms with van der Waals surface area (Å²) in [5, 5.41) is 22.6. The molecule has 168 valence electrons. The molecule has 1 amide bonds. The Bertz CT molecular complexity index is 1110. The van der Waals surface area contributed by atoms with Crippen LogP contribution < -0.4 is 10.1 Å². The van der Waals surface area contributed by atoms with Crippen LogP contribution in [-0.2, 0) is 18.3 Å². The number of amides is 1. The Morgan fingerprint density at radius 2 is 1.97 bits per heavy atom. The summed E-state index contributed by atoms with van der Waals surface area (Å²) in [6, 6.07) is 12.3. The van der Waals surface area contributed by atoms with Gasteiger partial charge in [0, 0.05) is 24.9 Å². The number of hydrogen-bond acceptors (Lipinski definition) is 7. The molecule has 0 bridgehead atoms. The first kappa shape index (κ1) is 23.3. The van der Waals surface area contributed by atoms with E-state index in [1.807, 2.05) is 38.2 Å². The van der Waals surface area contributed by atoms with Gasteiger partial charge in [-0.25, -0.2) is 0 Å². The van der Waals surface area contributed by atoms with Crippen molar-refractivity contribution < 1.29 is 14.5 Å². The van der Waals surface area contributed by atoms with Gasteiger partial charge in [0.25, 0.3) is 5.69 Å². The number of nitro benzene ring substituents is 1. The van der Waals surface area contributed by atoms with Gasteiger partial charge in [-0.15, -0.1) is 10.2 Å². The molecule has 32 heavy (non-hydrogen) atoms. The third-order valence-electron chi connectivity index (χ3n) is 4.90. The standard InChI is InChI=1S/C22H25N5O4S/c1-5-16-6-9-18(10-7-16)31-15(3)21-24-25-22(26(21)4)32-13-20(28)23-19-11-8-17(27(29)30)12-14(19)2/h6-12,15H,5,13H2,1-4H3,(H,23,28)/t15-/m0/s1. The van der Waals surface area contributed by atoms with Crippen molar-refractivity contribution in [2.45, 2.75) is 38.5 Å². The summed E-state index contributed by atoms with van der Waals surface area (Å²) < 4.78 is 7.78. The van der Waals surface area contributed by atoms with Crippen molar-refractivity contribution >= 4 is 29.0 Å². The van der Waals surface area contributed by atoms with Crippen molar-refractivity contribution in [3.63, 3.8) is 0 Å². The van der Waals surface area contributed by atoms with E-state index in [0.29, 0.717) is 22.2 Å². The summed E-state index contributed by atoms with van der Waals surface area (Å²) in [6.07, 6.45) is 0.655. The Morgan fingerprint density at radius 3 is 2.59 bits per heavy atom. The Hall–Kier alpha value is -3.40. The minimum atomic E-state index is -0.467. The highest BCUT2D eigenvalue weighted by Gasteiger charge is 2.18. The lowest BCUT2D eigenvalue weighted by Gasteiger charge is -2.14. The number of carbonyl (C=O) groups is 1. The summed E-state index contributed by atoms with van der Waals surface area (Å²) in [5.74, 6) is 1.29. The number of aromatic nitrogens is 3. The van der Waals surface area contributed by atoms with Crippen molar-refractivity contribution in [1.29, 1.82) is 0 Å². The molecule has 0 saturated heterocycles. The van der Waals surface area contributed by atoms with Crippen molar-refractivity contribution in [3.8, 4) is 5.75 Å². The van der Waals surface area contributed by atoms with E-state index in [2.05, 4.69) is 22.4 Å². The molecule has 2 aromatic carbocycles. The number of nitrogens with one attached hydrogen (secondary N) is 1. The number of benzene rings is 2. The van der Waals surface area contributed by atoms with Gasteiger partial charge >= 0.3 is 0 Å². The maximum atomic E-state index is 12.4. The number of nitro groups is 1. The highest BCUT2D eigenvalue weighted by molar-refractivity contribution is 7.99. The minimum absolute atomic E-state index is 0.0147. The average Bonchev–Trinajstić information content (AvgIpc) is 3.14. The highest BCUT2D eigenvalue weighted by atomic mass is 32.2. The van der Waals surface area contributed by atoms with Crippen LogP contribution in [0.4, 0.5) is 11.4 Å². The first-order chi connectivity index (χ1) is 15.3. The second kappa shape index (κ2) is 10.3. The van der Waals surface area contributed by atoms with Crippen LogP contribution in [0.15, 0.2) is 47.6 Å². The molecule has 1 heterocycles. The van der Waals surface area contributed by atoms with Gasteiger partial charge in [0.05, 0.1) is 10.7 Å². The number of non-ortho nitro benzene ring substituents is 1. The number of ether oxygens (including phenoxy) is 1. The summed E-state index contributed by atoms with van der Waals surface area (Å²) in [6.45, 7) is 5.71. The van der Waals surface area contributed by atoms with Gasteiger partial charge < -0.3 is 14.6 Å². The first-order valence-corrected chi connectivity index (χ1v) is 11.1. The molecule has 0 radical (unpaired) electrons. The van der Waals surface area contributed by atoms with E-state index >= 15 is 0 Å². The minimum Gasteiger partial charge on any atom is -0.483 e. The molecule has 0 unspecified atom stereocenters. The van der Waals surface area contributed by atoms with Gasteiger partial charge in [0.2, 0.25) is 5.91 Å². The Kier molecular flexibility index (Phi) is 7.47. The van der Waals surface area contributed by atoms with Crippen molar-refractivity contribution in [2.24, 2.45) is 7.05 Å². The van der Waals surface area contributed by atoms with Crippen LogP contribution in [0, 0.1) is 17.0 Å². The van der Waals surface area contributed by atoms with Gasteiger partial charge in [-0.3, -0.25) is 14.9 Å². The molecule has 3 aromatic rings. The van der Waals surface area contributed by atoms with Gasteiger partial charge in [-0.05, 0) is 49.6 Å². The second-order valence-electron chi connectivity index (χ2n) is 7.25. The van der Waals surface area contributed by atoms with E-state index in [-0.39, 0.29) is 23.5 Å². The third-order valence-corrected chi connectivity index (χ3v) is 5.92. The summed E-state index contributed by atoms with van der Waals surface area (Å²) >= 11 is 1.25. The van der Waals surface area contributed by atoms with Crippen LogP contribution in [-0.4, -0.2) is 31.3 Å². The molecule has 1 aromatic heterocycles. The molecular formula is C22H25N5O4S. The summed E-state index contributed by atoms with van der Waals surface area (Å²) in [5.41, 5.74) is 2.39. The van der Waals surface area contributed by atoms with Crippen molar-refractivity contribution in [3.05, 3.63) is 69.5 Å². The topological polar surface area (TPSA) is 112 Å². The number of rotatable bonds is 9. The number of hydrogen-bond donors (Lipinski definition) is 1. The van der Waals surface area contributed by atoms with E-state index in [0.717, 1.165) is 12.2 Å². The predicted molar refractivity (Wildman–Crippen MR) is 123 cm³/mol. The number of aryl methyl sites for hydroxylation is 2. The number of thioether (sulfide) groups is 1. The molecular weight excluding hydrogens is 430 g/mol. The fourth-order valence-corrected chi connectivity index (χ4v) is 3.80. The van der Waals surface area contributed by atoms with Gasteiger partial charge in [-0.1, -0.05) is 30.8 Å². The van der Waals surface area contributed by atoms with Gasteiger partial charge in [-0.2, -0.15) is 0 Å². The molecule has 0 fully saturated rings. The number of carbonyl (C=O) groups excluding carboxylic acids is 1. The molecule has 0 aliphatic heterocycles. The summed E-state index contributed by atoms with van der Waals surface area (Å²) in [4.78, 5) is 22.7. The Balaban J connectivity index is 1.58. The lowest BCUT2D eigenvalue weighted by atomic mass is 10.2. The maximum absolute atomic E-state index is 12.4. The van der Waals surface area contributed by atoms with E-state index in [4.69, 9.17) is 4.74 Å². The third kappa shape index (κ3) is 5.64. The maximum Gasteiger partial charge on any atom is 0.269 e. The first-order valence-electron chi connectivity index (χ1n) is 10.1. The van der Waals surface area contributed by atoms with E-state index in [9.17, 15) is 14.9 Å². The number of nitrogens with zero attached hydrogens (tertiary/aromatic N) is 4. The molecule has 0 saturated carbocycles. The van der Waals surface area contributed by atoms with Crippen molar-refractivity contribution in [1.82, 2.24) is 14.8 Å². The number of anilines is 1. The Labute approximate surface area is 190 Å². The zero-order valence-corrected chi connectivity index (χ0v) is 19.2. The normalized spacial score (nSPS) is 11.8. The van der Waals surface area contributed by atoms with Crippen LogP contribution in [0.1, 0.15) is 36.9 Å². The van der Waals surface area contributed by atoms with Crippen LogP contribution in [0.5, 0.6) is 5.75 Å². The monoisotopic (exact) mass is 455 g/mol. The molecule has 9 nitrogen and oxygen atoms in total. The zero-order chi connectivity index (χ0) is 23.3. The smallest absolute Gasteiger partial charge is 0.269 e. The molecule has 0 aliphatic rings. The van der Waals surface area contributed by atoms with Gasteiger partial charge in [0.1, 0.15) is 5.75 Å². The zero-order valence-electron chi connectivity index (χ0n) is 18.4. The fraction of sp³-hybridized carbons (Fsp3) is 0.318. The Morgan fingerprint density at radius 1 is 1.25 bits per heavy atom. The van der Waals surface area contributed by atoms with E-state index in [1.165, 1.54) is 35.5 Å². The lowest BCUT2D eigenvalue weighted by Crippen LogP contribution is -2.15. The highest BCUT2D eigenvalue weighted by Crippen LogP contribution is 2.25. The molecule has 10 heteroatoms. The van der Waals surface area contributed by atoms with Gasteiger partial charge in [0.15, 0.2) is 17.1 Å². The fourth-order valence-electron chi connectivity index (χ4n) is 3.08. The van der Waals surface area contributed by atoms with Crippen LogP contribution >= 0.6 is 11.8 Å². The molecule has 1 N–H and O–H groups in total. The SMILES string of the molecule is CCc1ccc(O[C@@H](C)c2nnc(SCC(=O)Nc3ccc([N+](=O)[O-])cc3C)n2C)cc1. The second-order valence-corrected chi connectivity index (χ2v) is 8.19. The predicted octanol–water partition coefficient (Wildman–Crippen LogP) is 4.46. The van der Waals surface area contributed by atoms with Crippen LogP contribution in [0.3, 0.4) is 0 Å². The molecule has 3 rings (SSSR count). The lowest BCUT2D eigenvalue weighted by molar-refractivity contribution is -0.384. The average molecular weight is 456 g/mol. The molecule has 0 spiro atoms. The van der Waals surface area contributed by atoms with Crippen LogP contribution in [0.2, 0.25) is 0 Å². The molecule has 0 aliphatic carbocycles. The van der Waals surface area contributed by atoms with Crippen LogP contribution in [0.25, 0.3) is 0 Å². The quantitative estimate of drug-likeness (QED) is 0.288. The largest absolute Gasteiger partial charge is 0.483 e. The molecule has 1 atom stereocenters. The van der Waals surface area contributed by atoms with E-state index < -0.39 is 4.92 Å². The van der Waals surface area contributed by atoms with Crippen molar-refractivity contribution in [2.75, 3.05) is 11.1 Å².